The molecule has 8 heteroatoms. The largest absolute Gasteiger partial charge is 0.395 e. The zero-order valence-corrected chi connectivity index (χ0v) is 11.5. The van der Waals surface area contributed by atoms with Crippen LogP contribution in [0.3, 0.4) is 0 Å². The number of benzene rings is 1. The molecule has 0 spiro atoms. The van der Waals surface area contributed by atoms with Crippen molar-refractivity contribution >= 4 is 21.6 Å². The number of morpholine rings is 1. The van der Waals surface area contributed by atoms with Crippen molar-refractivity contribution < 1.29 is 22.7 Å². The van der Waals surface area contributed by atoms with Crippen molar-refractivity contribution in [3.63, 3.8) is 0 Å². The molecule has 1 heterocycles. The third-order valence-electron chi connectivity index (χ3n) is 2.83. The van der Waals surface area contributed by atoms with Gasteiger partial charge in [-0.25, -0.2) is 12.8 Å². The van der Waals surface area contributed by atoms with E-state index in [1.165, 1.54) is 6.07 Å². The van der Waals surface area contributed by atoms with Gasteiger partial charge in [0.25, 0.3) is 0 Å². The van der Waals surface area contributed by atoms with Crippen molar-refractivity contribution in [1.29, 1.82) is 0 Å². The van der Waals surface area contributed by atoms with Gasteiger partial charge in [0.15, 0.2) is 0 Å². The van der Waals surface area contributed by atoms with Gasteiger partial charge in [0.05, 0.1) is 30.8 Å². The van der Waals surface area contributed by atoms with Crippen LogP contribution < -0.4 is 0 Å². The average Bonchev–Trinajstić information content (AvgIpc) is 2.37. The fraction of sp³-hybridized carbons (Fsp3) is 0.455. The first kappa shape index (κ1) is 14.7. The second-order valence-corrected chi connectivity index (χ2v) is 6.46. The standard InChI is InChI=1S/C11H13ClFNO4S/c12-8-3-9(13)5-11(4-8)19(16,17)14-1-2-18-7-10(14)6-15/h3-5,10,15H,1-2,6-7H2. The van der Waals surface area contributed by atoms with Crippen LogP contribution in [-0.4, -0.2) is 50.2 Å². The van der Waals surface area contributed by atoms with Gasteiger partial charge in [0.2, 0.25) is 10.0 Å². The van der Waals surface area contributed by atoms with Crippen molar-refractivity contribution in [3.8, 4) is 0 Å². The van der Waals surface area contributed by atoms with Gasteiger partial charge < -0.3 is 9.84 Å². The fourth-order valence-corrected chi connectivity index (χ4v) is 3.84. The molecule has 1 aromatic carbocycles. The van der Waals surface area contributed by atoms with Gasteiger partial charge >= 0.3 is 0 Å². The first-order valence-electron chi connectivity index (χ1n) is 5.61. The Morgan fingerprint density at radius 1 is 1.47 bits per heavy atom. The monoisotopic (exact) mass is 309 g/mol. The van der Waals surface area contributed by atoms with Crippen LogP contribution in [0.2, 0.25) is 5.02 Å². The summed E-state index contributed by atoms with van der Waals surface area (Å²) in [4.78, 5) is -0.224. The molecule has 19 heavy (non-hydrogen) atoms. The van der Waals surface area contributed by atoms with Crippen LogP contribution >= 0.6 is 11.6 Å². The van der Waals surface area contributed by atoms with Crippen molar-refractivity contribution in [3.05, 3.63) is 29.0 Å². The van der Waals surface area contributed by atoms with Crippen LogP contribution in [0, 0.1) is 5.82 Å². The molecule has 1 fully saturated rings. The second kappa shape index (κ2) is 5.72. The number of aliphatic hydroxyl groups is 1. The summed E-state index contributed by atoms with van der Waals surface area (Å²) in [6.07, 6.45) is 0. The Bertz CT molecular complexity index is 546. The highest BCUT2D eigenvalue weighted by molar-refractivity contribution is 7.89. The molecule has 0 aromatic heterocycles. The topological polar surface area (TPSA) is 66.8 Å². The van der Waals surface area contributed by atoms with Gasteiger partial charge in [0.1, 0.15) is 5.82 Å². The lowest BCUT2D eigenvalue weighted by Gasteiger charge is -2.33. The lowest BCUT2D eigenvalue weighted by atomic mass is 10.3. The normalized spacial score (nSPS) is 21.5. The predicted octanol–water partition coefficient (Wildman–Crippen LogP) is 0.861. The number of hydrogen-bond acceptors (Lipinski definition) is 4. The Balaban J connectivity index is 2.40. The molecule has 0 amide bonds. The van der Waals surface area contributed by atoms with Crippen molar-refractivity contribution in [2.75, 3.05) is 26.4 Å². The van der Waals surface area contributed by atoms with E-state index in [1.807, 2.05) is 0 Å². The quantitative estimate of drug-likeness (QED) is 0.899. The molecule has 2 rings (SSSR count). The highest BCUT2D eigenvalue weighted by Gasteiger charge is 2.34. The summed E-state index contributed by atoms with van der Waals surface area (Å²) in [6.45, 7) is 0.0987. The molecule has 0 bridgehead atoms. The first-order valence-corrected chi connectivity index (χ1v) is 7.43. The molecule has 106 valence electrons. The average molecular weight is 310 g/mol. The minimum Gasteiger partial charge on any atom is -0.395 e. The summed E-state index contributed by atoms with van der Waals surface area (Å²) in [5.41, 5.74) is 0. The fourth-order valence-electron chi connectivity index (χ4n) is 1.91. The summed E-state index contributed by atoms with van der Waals surface area (Å²) in [5, 5.41) is 9.20. The van der Waals surface area contributed by atoms with E-state index in [2.05, 4.69) is 0 Å². The third kappa shape index (κ3) is 3.06. The molecule has 1 aliphatic heterocycles. The molecule has 1 N–H and O–H groups in total. The number of nitrogens with zero attached hydrogens (tertiary/aromatic N) is 1. The minimum absolute atomic E-state index is 0.00684. The van der Waals surface area contributed by atoms with Crippen LogP contribution in [0.1, 0.15) is 0 Å². The molecular weight excluding hydrogens is 297 g/mol. The van der Waals surface area contributed by atoms with Crippen molar-refractivity contribution in [2.45, 2.75) is 10.9 Å². The number of rotatable bonds is 3. The van der Waals surface area contributed by atoms with Crippen LogP contribution in [-0.2, 0) is 14.8 Å². The van der Waals surface area contributed by atoms with E-state index in [0.29, 0.717) is 0 Å². The number of halogens is 2. The van der Waals surface area contributed by atoms with E-state index >= 15 is 0 Å². The number of ether oxygens (including phenoxy) is 1. The Hall–Kier alpha value is -0.730. The Kier molecular flexibility index (Phi) is 4.42. The predicted molar refractivity (Wildman–Crippen MR) is 67.0 cm³/mol. The highest BCUT2D eigenvalue weighted by Crippen LogP contribution is 2.24. The third-order valence-corrected chi connectivity index (χ3v) is 4.97. The van der Waals surface area contributed by atoms with E-state index in [-0.39, 0.29) is 36.3 Å². The van der Waals surface area contributed by atoms with Crippen LogP contribution in [0.15, 0.2) is 23.1 Å². The summed E-state index contributed by atoms with van der Waals surface area (Å²) in [7, 11) is -3.90. The SMILES string of the molecule is O=S(=O)(c1cc(F)cc(Cl)c1)N1CCOCC1CO. The summed E-state index contributed by atoms with van der Waals surface area (Å²) < 4.78 is 44.3. The molecule has 0 saturated carbocycles. The van der Waals surface area contributed by atoms with E-state index in [4.69, 9.17) is 16.3 Å². The lowest BCUT2D eigenvalue weighted by molar-refractivity contribution is 0.0109. The molecule has 1 aliphatic rings. The summed E-state index contributed by atoms with van der Waals surface area (Å²) in [5.74, 6) is -0.722. The zero-order valence-electron chi connectivity index (χ0n) is 9.92. The maximum absolute atomic E-state index is 13.3. The van der Waals surface area contributed by atoms with E-state index in [0.717, 1.165) is 16.4 Å². The molecule has 1 saturated heterocycles. The molecule has 1 atom stereocenters. The van der Waals surface area contributed by atoms with Gasteiger partial charge in [-0.05, 0) is 18.2 Å². The van der Waals surface area contributed by atoms with Crippen LogP contribution in [0.5, 0.6) is 0 Å². The second-order valence-electron chi connectivity index (χ2n) is 4.13. The Morgan fingerprint density at radius 3 is 2.84 bits per heavy atom. The van der Waals surface area contributed by atoms with E-state index in [9.17, 15) is 17.9 Å². The minimum atomic E-state index is -3.90. The molecule has 1 aromatic rings. The number of hydrogen-bond donors (Lipinski definition) is 1. The van der Waals surface area contributed by atoms with Gasteiger partial charge in [-0.3, -0.25) is 0 Å². The lowest BCUT2D eigenvalue weighted by Crippen LogP contribution is -2.50. The maximum Gasteiger partial charge on any atom is 0.243 e. The van der Waals surface area contributed by atoms with E-state index in [1.54, 1.807) is 0 Å². The highest BCUT2D eigenvalue weighted by atomic mass is 35.5. The molecular formula is C11H13ClFNO4S. The van der Waals surface area contributed by atoms with Gasteiger partial charge in [-0.2, -0.15) is 4.31 Å². The maximum atomic E-state index is 13.3. The van der Waals surface area contributed by atoms with E-state index < -0.39 is 21.9 Å². The van der Waals surface area contributed by atoms with Crippen LogP contribution in [0.25, 0.3) is 0 Å². The molecule has 5 nitrogen and oxygen atoms in total. The molecule has 0 aliphatic carbocycles. The van der Waals surface area contributed by atoms with Crippen molar-refractivity contribution in [1.82, 2.24) is 4.31 Å². The van der Waals surface area contributed by atoms with Crippen LogP contribution in [0.4, 0.5) is 4.39 Å². The summed E-state index contributed by atoms with van der Waals surface area (Å²) in [6, 6.07) is 2.46. The smallest absolute Gasteiger partial charge is 0.243 e. The zero-order chi connectivity index (χ0) is 14.0. The summed E-state index contributed by atoms with van der Waals surface area (Å²) >= 11 is 5.67. The molecule has 0 radical (unpaired) electrons. The van der Waals surface area contributed by atoms with Gasteiger partial charge in [0, 0.05) is 11.6 Å². The van der Waals surface area contributed by atoms with Gasteiger partial charge in [-0.1, -0.05) is 11.6 Å². The Morgan fingerprint density at radius 2 is 2.21 bits per heavy atom. The van der Waals surface area contributed by atoms with Crippen molar-refractivity contribution in [2.24, 2.45) is 0 Å². The number of aliphatic hydroxyl groups excluding tert-OH is 1. The molecule has 1 unspecified atom stereocenters. The van der Waals surface area contributed by atoms with Gasteiger partial charge in [-0.15, -0.1) is 0 Å². The number of sulfonamides is 1. The first-order chi connectivity index (χ1) is 8.95. The Labute approximate surface area is 115 Å².